The third kappa shape index (κ3) is 3.68. The highest BCUT2D eigenvalue weighted by molar-refractivity contribution is 5.44. The van der Waals surface area contributed by atoms with Crippen LogP contribution in [0.4, 0.5) is 4.39 Å². The molecule has 0 amide bonds. The van der Waals surface area contributed by atoms with Crippen LogP contribution in [-0.4, -0.2) is 0 Å². The van der Waals surface area contributed by atoms with Crippen molar-refractivity contribution in [2.45, 2.75) is 52.4 Å². The van der Waals surface area contributed by atoms with E-state index in [4.69, 9.17) is 4.74 Å². The molecule has 0 radical (unpaired) electrons. The normalized spacial score (nSPS) is 12.3. The molecule has 0 atom stereocenters. The Morgan fingerprint density at radius 2 is 1.36 bits per heavy atom. The molecule has 0 unspecified atom stereocenters. The average Bonchev–Trinajstić information content (AvgIpc) is 2.39. The van der Waals surface area contributed by atoms with Gasteiger partial charge in [0.05, 0.1) is 0 Å². The van der Waals surface area contributed by atoms with Crippen molar-refractivity contribution >= 4 is 0 Å². The first-order chi connectivity index (χ1) is 10.1. The minimum absolute atomic E-state index is 0.00276. The van der Waals surface area contributed by atoms with Gasteiger partial charge in [-0.3, -0.25) is 0 Å². The lowest BCUT2D eigenvalue weighted by Crippen LogP contribution is -2.21. The Hall–Kier alpha value is -1.83. The van der Waals surface area contributed by atoms with Crippen LogP contribution >= 0.6 is 0 Å². The molecule has 0 N–H and O–H groups in total. The second-order valence-corrected chi connectivity index (χ2v) is 7.74. The van der Waals surface area contributed by atoms with Crippen molar-refractivity contribution in [2.24, 2.45) is 0 Å². The summed E-state index contributed by atoms with van der Waals surface area (Å²) in [7, 11) is 0. The molecule has 118 valence electrons. The van der Waals surface area contributed by atoms with Gasteiger partial charge in [-0.1, -0.05) is 59.7 Å². The van der Waals surface area contributed by atoms with E-state index >= 15 is 0 Å². The van der Waals surface area contributed by atoms with Gasteiger partial charge in [0, 0.05) is 0 Å². The number of halogens is 1. The maximum Gasteiger partial charge on any atom is 0.165 e. The first-order valence-electron chi connectivity index (χ1n) is 7.66. The van der Waals surface area contributed by atoms with Crippen LogP contribution < -0.4 is 4.74 Å². The quantitative estimate of drug-likeness (QED) is 0.640. The molecule has 2 rings (SSSR count). The van der Waals surface area contributed by atoms with Gasteiger partial charge in [-0.2, -0.15) is 0 Å². The third-order valence-electron chi connectivity index (χ3n) is 3.67. The summed E-state index contributed by atoms with van der Waals surface area (Å²) < 4.78 is 19.5. The van der Waals surface area contributed by atoms with Crippen LogP contribution in [0, 0.1) is 5.82 Å². The van der Waals surface area contributed by atoms with E-state index in [0.717, 1.165) is 0 Å². The van der Waals surface area contributed by atoms with Crippen LogP contribution in [0.1, 0.15) is 52.7 Å². The zero-order chi connectivity index (χ0) is 16.5. The lowest BCUT2D eigenvalue weighted by Gasteiger charge is -2.30. The molecule has 0 saturated heterocycles. The van der Waals surface area contributed by atoms with Crippen LogP contribution in [0.2, 0.25) is 0 Å². The maximum atomic E-state index is 13.8. The molecule has 0 bridgehead atoms. The fourth-order valence-corrected chi connectivity index (χ4v) is 2.52. The summed E-state index contributed by atoms with van der Waals surface area (Å²) in [5.41, 5.74) is 2.57. The average molecular weight is 300 g/mol. The smallest absolute Gasteiger partial charge is 0.165 e. The van der Waals surface area contributed by atoms with Crippen molar-refractivity contribution in [3.8, 4) is 11.5 Å². The fraction of sp³-hybridized carbons (Fsp3) is 0.400. The molecule has 1 nitrogen and oxygen atoms in total. The Morgan fingerprint density at radius 3 is 1.91 bits per heavy atom. The highest BCUT2D eigenvalue weighted by atomic mass is 19.1. The van der Waals surface area contributed by atoms with Gasteiger partial charge in [-0.15, -0.1) is 0 Å². The molecular weight excluding hydrogens is 275 g/mol. The summed E-state index contributed by atoms with van der Waals surface area (Å²) in [6.07, 6.45) is 0. The standard InChI is InChI=1S/C20H25FO/c1-19(2,3)15-12-11-14(13-16(15)20(4,5)6)22-18-10-8-7-9-17(18)21/h7-13H,1-6H3. The molecule has 0 saturated carbocycles. The van der Waals surface area contributed by atoms with Gasteiger partial charge in [0.2, 0.25) is 0 Å². The van der Waals surface area contributed by atoms with Crippen LogP contribution in [0.25, 0.3) is 0 Å². The summed E-state index contributed by atoms with van der Waals surface area (Å²) in [6.45, 7) is 13.2. The lowest BCUT2D eigenvalue weighted by molar-refractivity contribution is 0.438. The summed E-state index contributed by atoms with van der Waals surface area (Å²) in [6, 6.07) is 12.5. The predicted molar refractivity (Wildman–Crippen MR) is 90.3 cm³/mol. The van der Waals surface area contributed by atoms with E-state index in [-0.39, 0.29) is 22.4 Å². The van der Waals surface area contributed by atoms with Crippen molar-refractivity contribution in [2.75, 3.05) is 0 Å². The first kappa shape index (κ1) is 16.5. The van der Waals surface area contributed by atoms with E-state index in [9.17, 15) is 4.39 Å². The fourth-order valence-electron chi connectivity index (χ4n) is 2.52. The van der Waals surface area contributed by atoms with Crippen molar-refractivity contribution in [3.05, 3.63) is 59.4 Å². The second-order valence-electron chi connectivity index (χ2n) is 7.74. The van der Waals surface area contributed by atoms with Crippen molar-refractivity contribution in [3.63, 3.8) is 0 Å². The second kappa shape index (κ2) is 5.75. The van der Waals surface area contributed by atoms with Gasteiger partial charge in [0.25, 0.3) is 0 Å². The highest BCUT2D eigenvalue weighted by Crippen LogP contribution is 2.37. The van der Waals surface area contributed by atoms with Gasteiger partial charge >= 0.3 is 0 Å². The topological polar surface area (TPSA) is 9.23 Å². The zero-order valence-corrected chi connectivity index (χ0v) is 14.3. The molecule has 0 heterocycles. The van der Waals surface area contributed by atoms with E-state index in [1.165, 1.54) is 17.2 Å². The number of para-hydroxylation sites is 1. The molecule has 2 heteroatoms. The lowest BCUT2D eigenvalue weighted by atomic mass is 9.75. The minimum atomic E-state index is -0.347. The summed E-state index contributed by atoms with van der Waals surface area (Å²) in [5.74, 6) is 0.577. The Bertz CT molecular complexity index is 660. The first-order valence-corrected chi connectivity index (χ1v) is 7.66. The van der Waals surface area contributed by atoms with Gasteiger partial charge in [0.15, 0.2) is 11.6 Å². The van der Waals surface area contributed by atoms with Crippen LogP contribution in [0.15, 0.2) is 42.5 Å². The molecule has 22 heavy (non-hydrogen) atoms. The molecule has 2 aromatic carbocycles. The van der Waals surface area contributed by atoms with Gasteiger partial charge < -0.3 is 4.74 Å². The van der Waals surface area contributed by atoms with E-state index in [1.807, 2.05) is 12.1 Å². The number of ether oxygens (including phenoxy) is 1. The van der Waals surface area contributed by atoms with Crippen molar-refractivity contribution < 1.29 is 9.13 Å². The molecule has 2 aromatic rings. The maximum absolute atomic E-state index is 13.8. The molecule has 0 aliphatic rings. The number of rotatable bonds is 2. The molecule has 0 aliphatic heterocycles. The highest BCUT2D eigenvalue weighted by Gasteiger charge is 2.25. The summed E-state index contributed by atoms with van der Waals surface area (Å²) in [4.78, 5) is 0. The van der Waals surface area contributed by atoms with Crippen molar-refractivity contribution in [1.82, 2.24) is 0 Å². The minimum Gasteiger partial charge on any atom is -0.454 e. The van der Waals surface area contributed by atoms with Crippen molar-refractivity contribution in [1.29, 1.82) is 0 Å². The monoisotopic (exact) mass is 300 g/mol. The van der Waals surface area contributed by atoms with E-state index in [2.05, 4.69) is 47.6 Å². The Balaban J connectivity index is 2.46. The molecule has 0 fully saturated rings. The summed E-state index contributed by atoms with van der Waals surface area (Å²) >= 11 is 0. The molecule has 0 aromatic heterocycles. The van der Waals surface area contributed by atoms with Gasteiger partial charge in [-0.25, -0.2) is 4.39 Å². The van der Waals surface area contributed by atoms with Gasteiger partial charge in [-0.05, 0) is 46.2 Å². The molecule has 0 spiro atoms. The van der Waals surface area contributed by atoms with Gasteiger partial charge in [0.1, 0.15) is 5.75 Å². The zero-order valence-electron chi connectivity index (χ0n) is 14.3. The van der Waals surface area contributed by atoms with Crippen LogP contribution in [-0.2, 0) is 10.8 Å². The van der Waals surface area contributed by atoms with E-state index < -0.39 is 0 Å². The van der Waals surface area contributed by atoms with E-state index in [0.29, 0.717) is 5.75 Å². The summed E-state index contributed by atoms with van der Waals surface area (Å²) in [5, 5.41) is 0. The third-order valence-corrected chi connectivity index (χ3v) is 3.67. The van der Waals surface area contributed by atoms with E-state index in [1.54, 1.807) is 18.2 Å². The number of hydrogen-bond acceptors (Lipinski definition) is 1. The molecular formula is C20H25FO. The SMILES string of the molecule is CC(C)(C)c1ccc(Oc2ccccc2F)cc1C(C)(C)C. The van der Waals surface area contributed by atoms with Crippen LogP contribution in [0.3, 0.4) is 0 Å². The molecule has 0 aliphatic carbocycles. The number of benzene rings is 2. The predicted octanol–water partition coefficient (Wildman–Crippen LogP) is 6.21. The Labute approximate surface area is 133 Å². The number of hydrogen-bond donors (Lipinski definition) is 0. The Morgan fingerprint density at radius 1 is 0.773 bits per heavy atom. The Kier molecular flexibility index (Phi) is 4.32. The largest absolute Gasteiger partial charge is 0.454 e. The van der Waals surface area contributed by atoms with Crippen LogP contribution in [0.5, 0.6) is 11.5 Å².